The average Bonchev–Trinajstić information content (AvgIpc) is 2.94. The highest BCUT2D eigenvalue weighted by molar-refractivity contribution is 4.58. The second-order valence-electron chi connectivity index (χ2n) is 6.25. The first kappa shape index (κ1) is 21.6. The average molecular weight is 374 g/mol. The van der Waals surface area contributed by atoms with Crippen molar-refractivity contribution in [3.63, 3.8) is 0 Å². The zero-order chi connectivity index (χ0) is 15.2. The lowest BCUT2D eigenvalue weighted by Gasteiger charge is -1.98. The predicted octanol–water partition coefficient (Wildman–Crippen LogP) is 1.90. The largest absolute Gasteiger partial charge is 1.00 e. The van der Waals surface area contributed by atoms with Crippen LogP contribution in [-0.2, 0) is 13.1 Å². The van der Waals surface area contributed by atoms with E-state index in [2.05, 4.69) is 40.8 Å². The van der Waals surface area contributed by atoms with Gasteiger partial charge in [-0.1, -0.05) is 65.2 Å². The van der Waals surface area contributed by atoms with Gasteiger partial charge in [0.05, 0.1) is 5.21 Å². The van der Waals surface area contributed by atoms with Gasteiger partial charge in [0.2, 0.25) is 0 Å². The van der Waals surface area contributed by atoms with Crippen LogP contribution < -0.4 is 21.7 Å². The summed E-state index contributed by atoms with van der Waals surface area (Å²) in [6, 6.07) is 0. The monoisotopic (exact) mass is 373 g/mol. The minimum absolute atomic E-state index is 0. The Labute approximate surface area is 148 Å². The molecule has 0 aliphatic carbocycles. The molecule has 0 saturated carbocycles. The van der Waals surface area contributed by atoms with Crippen LogP contribution in [0.25, 0.3) is 0 Å². The Morgan fingerprint density at radius 2 is 1.32 bits per heavy atom. The van der Waals surface area contributed by atoms with Crippen molar-refractivity contribution in [2.24, 2.45) is 0 Å². The summed E-state index contributed by atoms with van der Waals surface area (Å²) in [6.45, 7) is 6.70. The van der Waals surface area contributed by atoms with E-state index in [1.165, 1.54) is 77.0 Å². The van der Waals surface area contributed by atoms with Crippen molar-refractivity contribution in [3.05, 3.63) is 12.4 Å². The van der Waals surface area contributed by atoms with Crippen molar-refractivity contribution in [1.82, 2.24) is 9.90 Å². The first-order chi connectivity index (χ1) is 10.4. The third kappa shape index (κ3) is 11.2. The molecule has 1 heterocycles. The molecule has 1 aromatic rings. The van der Waals surface area contributed by atoms with E-state index >= 15 is 0 Å². The van der Waals surface area contributed by atoms with Gasteiger partial charge >= 0.3 is 0 Å². The molecule has 0 aliphatic rings. The molecule has 130 valence electrons. The molecular weight excluding hydrogens is 338 g/mol. The highest BCUT2D eigenvalue weighted by atomic mass is 79.9. The maximum absolute atomic E-state index is 4.61. The van der Waals surface area contributed by atoms with Crippen LogP contribution in [0.4, 0.5) is 0 Å². The van der Waals surface area contributed by atoms with Gasteiger partial charge in [0.15, 0.2) is 12.4 Å². The smallest absolute Gasteiger partial charge is 0.155 e. The third-order valence-corrected chi connectivity index (χ3v) is 4.12. The zero-order valence-electron chi connectivity index (χ0n) is 14.8. The second-order valence-corrected chi connectivity index (χ2v) is 6.25. The van der Waals surface area contributed by atoms with E-state index in [1.807, 2.05) is 0 Å². The minimum Gasteiger partial charge on any atom is -1.00 e. The van der Waals surface area contributed by atoms with Crippen molar-refractivity contribution >= 4 is 0 Å². The fourth-order valence-corrected chi connectivity index (χ4v) is 2.71. The maximum atomic E-state index is 4.61. The van der Waals surface area contributed by atoms with E-state index < -0.39 is 0 Å². The van der Waals surface area contributed by atoms with Crippen LogP contribution in [0.3, 0.4) is 0 Å². The van der Waals surface area contributed by atoms with E-state index in [1.54, 1.807) is 0 Å². The number of hydrogen-bond acceptors (Lipinski definition) is 1. The first-order valence-corrected chi connectivity index (χ1v) is 9.30. The number of hydrogen-bond donors (Lipinski definition) is 0. The molecule has 4 heteroatoms. The Bertz CT molecular complexity index is 308. The third-order valence-electron chi connectivity index (χ3n) is 4.12. The van der Waals surface area contributed by atoms with Crippen molar-refractivity contribution in [3.8, 4) is 0 Å². The molecule has 0 atom stereocenters. The number of aromatic nitrogens is 3. The van der Waals surface area contributed by atoms with Gasteiger partial charge in [-0.15, -0.1) is 9.36 Å². The molecule has 0 radical (unpaired) electrons. The summed E-state index contributed by atoms with van der Waals surface area (Å²) in [7, 11) is 0. The molecule has 0 spiro atoms. The standard InChI is InChI=1S/C18H36N3.BrH/c1-3-5-7-9-11-13-15-20-17-18-21(19-20)16-14-12-10-8-6-4-2;/h17-18H,3-16H2,1-2H3;1H/q+1;/p-1. The van der Waals surface area contributed by atoms with Gasteiger partial charge in [0, 0.05) is 0 Å². The molecule has 1 aromatic heterocycles. The lowest BCUT2D eigenvalue weighted by atomic mass is 10.1. The molecule has 0 saturated heterocycles. The van der Waals surface area contributed by atoms with E-state index in [0.29, 0.717) is 0 Å². The molecule has 0 aromatic carbocycles. The van der Waals surface area contributed by atoms with E-state index in [9.17, 15) is 0 Å². The van der Waals surface area contributed by atoms with Gasteiger partial charge < -0.3 is 17.0 Å². The Morgan fingerprint density at radius 1 is 0.773 bits per heavy atom. The van der Waals surface area contributed by atoms with Crippen LogP contribution in [0, 0.1) is 0 Å². The van der Waals surface area contributed by atoms with Crippen molar-refractivity contribution in [2.45, 2.75) is 104 Å². The Balaban J connectivity index is 0.00000441. The number of aryl methyl sites for hydroxylation is 2. The van der Waals surface area contributed by atoms with Gasteiger partial charge in [0.1, 0.15) is 13.1 Å². The summed E-state index contributed by atoms with van der Waals surface area (Å²) >= 11 is 0. The van der Waals surface area contributed by atoms with E-state index in [0.717, 1.165) is 13.1 Å². The SMILES string of the molecule is CCCCCCCCn1cc[n+](CCCCCCCC)n1.[Br-]. The molecule has 1 rings (SSSR count). The van der Waals surface area contributed by atoms with Crippen LogP contribution in [0.1, 0.15) is 90.9 Å². The van der Waals surface area contributed by atoms with E-state index in [4.69, 9.17) is 0 Å². The van der Waals surface area contributed by atoms with Crippen LogP contribution in [-0.4, -0.2) is 9.90 Å². The highest BCUT2D eigenvalue weighted by Crippen LogP contribution is 2.06. The normalized spacial score (nSPS) is 10.6. The van der Waals surface area contributed by atoms with E-state index in [-0.39, 0.29) is 17.0 Å². The molecule has 0 bridgehead atoms. The van der Waals surface area contributed by atoms with Crippen molar-refractivity contribution in [2.75, 3.05) is 0 Å². The molecule has 0 fully saturated rings. The van der Waals surface area contributed by atoms with Crippen molar-refractivity contribution in [1.29, 1.82) is 0 Å². The predicted molar refractivity (Wildman–Crippen MR) is 89.2 cm³/mol. The first-order valence-electron chi connectivity index (χ1n) is 9.30. The van der Waals surface area contributed by atoms with Crippen LogP contribution in [0.5, 0.6) is 0 Å². The Hall–Kier alpha value is -0.380. The molecule has 0 N–H and O–H groups in total. The molecule has 22 heavy (non-hydrogen) atoms. The highest BCUT2D eigenvalue weighted by Gasteiger charge is 2.05. The van der Waals surface area contributed by atoms with Gasteiger partial charge in [0.25, 0.3) is 0 Å². The van der Waals surface area contributed by atoms with Gasteiger partial charge in [-0.25, -0.2) is 0 Å². The summed E-state index contributed by atoms with van der Waals surface area (Å²) in [5.74, 6) is 0. The zero-order valence-corrected chi connectivity index (χ0v) is 16.4. The number of halogens is 1. The summed E-state index contributed by atoms with van der Waals surface area (Å²) in [5, 5.41) is 4.61. The van der Waals surface area contributed by atoms with Gasteiger partial charge in [-0.3, -0.25) is 0 Å². The molecule has 3 nitrogen and oxygen atoms in total. The fourth-order valence-electron chi connectivity index (χ4n) is 2.71. The van der Waals surface area contributed by atoms with Crippen LogP contribution in [0.15, 0.2) is 12.4 Å². The summed E-state index contributed by atoms with van der Waals surface area (Å²) in [6.07, 6.45) is 20.5. The number of unbranched alkanes of at least 4 members (excludes halogenated alkanes) is 10. The van der Waals surface area contributed by atoms with Gasteiger partial charge in [-0.2, -0.15) is 0 Å². The number of nitrogens with zero attached hydrogens (tertiary/aromatic N) is 3. The Morgan fingerprint density at radius 3 is 1.95 bits per heavy atom. The second kappa shape index (κ2) is 15.5. The molecule has 0 unspecified atom stereocenters. The lowest BCUT2D eigenvalue weighted by molar-refractivity contribution is -0.755. The molecule has 0 aliphatic heterocycles. The molecule has 0 amide bonds. The van der Waals surface area contributed by atoms with Crippen LogP contribution in [0.2, 0.25) is 0 Å². The maximum Gasteiger partial charge on any atom is 0.155 e. The summed E-state index contributed by atoms with van der Waals surface area (Å²) < 4.78 is 4.22. The fraction of sp³-hybridized carbons (Fsp3) is 0.889. The lowest BCUT2D eigenvalue weighted by Crippen LogP contribution is -3.00. The molecular formula is C18H36BrN3. The van der Waals surface area contributed by atoms with Gasteiger partial charge in [-0.05, 0) is 25.7 Å². The Kier molecular flexibility index (Phi) is 15.2. The summed E-state index contributed by atoms with van der Waals surface area (Å²) in [5.41, 5.74) is 0. The quantitative estimate of drug-likeness (QED) is 0.360. The number of rotatable bonds is 14. The summed E-state index contributed by atoms with van der Waals surface area (Å²) in [4.78, 5) is 0. The van der Waals surface area contributed by atoms with Crippen molar-refractivity contribution < 1.29 is 21.7 Å². The van der Waals surface area contributed by atoms with Crippen LogP contribution >= 0.6 is 0 Å². The minimum atomic E-state index is 0. The topological polar surface area (TPSA) is 21.7 Å².